The molecule has 0 radical (unpaired) electrons. The fourth-order valence-corrected chi connectivity index (χ4v) is 5.47. The van der Waals surface area contributed by atoms with Gasteiger partial charge in [0.05, 0.1) is 6.04 Å². The molecular weight excluding hydrogens is 396 g/mol. The SMILES string of the molecule is O=C(NCC(c1cccs1)N1CCCC1)C1CCN(c2nc3ccccc3o2)CC1. The van der Waals surface area contributed by atoms with Crippen LogP contribution in [0.2, 0.25) is 0 Å². The summed E-state index contributed by atoms with van der Waals surface area (Å²) in [6, 6.07) is 13.1. The minimum atomic E-state index is 0.0631. The lowest BCUT2D eigenvalue weighted by Gasteiger charge is -2.31. The van der Waals surface area contributed by atoms with Crippen LogP contribution in [0.25, 0.3) is 11.1 Å². The molecule has 6 nitrogen and oxygen atoms in total. The molecule has 1 unspecified atom stereocenters. The number of hydrogen-bond donors (Lipinski definition) is 1. The summed E-state index contributed by atoms with van der Waals surface area (Å²) >= 11 is 1.79. The summed E-state index contributed by atoms with van der Waals surface area (Å²) in [4.78, 5) is 23.5. The van der Waals surface area contributed by atoms with Crippen molar-refractivity contribution in [3.63, 3.8) is 0 Å². The van der Waals surface area contributed by atoms with Gasteiger partial charge in [0.1, 0.15) is 5.52 Å². The Hall–Kier alpha value is -2.38. The van der Waals surface area contributed by atoms with Gasteiger partial charge in [-0.25, -0.2) is 0 Å². The predicted molar refractivity (Wildman–Crippen MR) is 120 cm³/mol. The van der Waals surface area contributed by atoms with E-state index in [1.54, 1.807) is 11.3 Å². The minimum Gasteiger partial charge on any atom is -0.423 e. The van der Waals surface area contributed by atoms with Crippen LogP contribution in [0, 0.1) is 5.92 Å². The number of fused-ring (bicyclic) bond motifs is 1. The third kappa shape index (κ3) is 4.09. The van der Waals surface area contributed by atoms with E-state index in [9.17, 15) is 4.79 Å². The maximum absolute atomic E-state index is 12.9. The molecule has 4 heterocycles. The zero-order valence-corrected chi connectivity index (χ0v) is 17.9. The lowest BCUT2D eigenvalue weighted by Crippen LogP contribution is -2.43. The quantitative estimate of drug-likeness (QED) is 0.647. The summed E-state index contributed by atoms with van der Waals surface area (Å²) in [6.07, 6.45) is 4.17. The first-order chi connectivity index (χ1) is 14.8. The van der Waals surface area contributed by atoms with Gasteiger partial charge in [0, 0.05) is 30.4 Å². The Labute approximate surface area is 180 Å². The van der Waals surface area contributed by atoms with Gasteiger partial charge in [0.25, 0.3) is 6.01 Å². The summed E-state index contributed by atoms with van der Waals surface area (Å²) in [5, 5.41) is 5.39. The lowest BCUT2D eigenvalue weighted by atomic mass is 9.96. The number of carbonyl (C=O) groups is 1. The number of nitrogens with one attached hydrogen (secondary N) is 1. The van der Waals surface area contributed by atoms with Crippen LogP contribution in [-0.2, 0) is 4.79 Å². The van der Waals surface area contributed by atoms with E-state index in [2.05, 4.69) is 37.6 Å². The van der Waals surface area contributed by atoms with Crippen molar-refractivity contribution in [1.29, 1.82) is 0 Å². The average molecular weight is 425 g/mol. The zero-order chi connectivity index (χ0) is 20.3. The zero-order valence-electron chi connectivity index (χ0n) is 17.1. The van der Waals surface area contributed by atoms with Gasteiger partial charge in [-0.3, -0.25) is 9.69 Å². The van der Waals surface area contributed by atoms with Crippen molar-refractivity contribution in [1.82, 2.24) is 15.2 Å². The first-order valence-corrected chi connectivity index (χ1v) is 11.8. The second-order valence-corrected chi connectivity index (χ2v) is 9.22. The van der Waals surface area contributed by atoms with Gasteiger partial charge in [-0.05, 0) is 62.4 Å². The molecule has 1 N–H and O–H groups in total. The number of hydrogen-bond acceptors (Lipinski definition) is 6. The number of rotatable bonds is 6. The largest absolute Gasteiger partial charge is 0.423 e. The van der Waals surface area contributed by atoms with Gasteiger partial charge >= 0.3 is 0 Å². The van der Waals surface area contributed by atoms with Gasteiger partial charge < -0.3 is 14.6 Å². The molecule has 7 heteroatoms. The van der Waals surface area contributed by atoms with Crippen LogP contribution in [0.3, 0.4) is 0 Å². The lowest BCUT2D eigenvalue weighted by molar-refractivity contribution is -0.125. The van der Waals surface area contributed by atoms with Crippen LogP contribution < -0.4 is 10.2 Å². The van der Waals surface area contributed by atoms with Crippen molar-refractivity contribution in [2.75, 3.05) is 37.6 Å². The van der Waals surface area contributed by atoms with E-state index in [4.69, 9.17) is 4.42 Å². The van der Waals surface area contributed by atoms with Gasteiger partial charge in [0.2, 0.25) is 5.91 Å². The van der Waals surface area contributed by atoms with Crippen molar-refractivity contribution in [3.05, 3.63) is 46.7 Å². The first kappa shape index (κ1) is 19.6. The number of anilines is 1. The number of amides is 1. The van der Waals surface area contributed by atoms with Crippen LogP contribution in [0.1, 0.15) is 36.6 Å². The van der Waals surface area contributed by atoms with Crippen molar-refractivity contribution in [2.45, 2.75) is 31.7 Å². The van der Waals surface area contributed by atoms with Crippen molar-refractivity contribution >= 4 is 34.4 Å². The van der Waals surface area contributed by atoms with Crippen LogP contribution >= 0.6 is 11.3 Å². The molecule has 1 amide bonds. The van der Waals surface area contributed by atoms with E-state index in [0.717, 1.165) is 50.1 Å². The summed E-state index contributed by atoms with van der Waals surface area (Å²) in [7, 11) is 0. The predicted octanol–water partition coefficient (Wildman–Crippen LogP) is 4.06. The molecule has 2 aromatic heterocycles. The molecular formula is C23H28N4O2S. The molecule has 2 saturated heterocycles. The maximum Gasteiger partial charge on any atom is 0.298 e. The van der Waals surface area contributed by atoms with Crippen molar-refractivity contribution < 1.29 is 9.21 Å². The van der Waals surface area contributed by atoms with E-state index in [1.807, 2.05) is 24.3 Å². The fourth-order valence-electron chi connectivity index (χ4n) is 4.61. The molecule has 0 spiro atoms. The number of para-hydroxylation sites is 2. The molecule has 0 bridgehead atoms. The Morgan fingerprint density at radius 3 is 2.67 bits per heavy atom. The third-order valence-corrected chi connectivity index (χ3v) is 7.32. The molecule has 1 atom stereocenters. The standard InChI is InChI=1S/C23H28N4O2S/c28-22(24-16-19(21-8-5-15-30-21)26-11-3-4-12-26)17-9-13-27(14-10-17)23-25-18-6-1-2-7-20(18)29-23/h1-2,5-8,15,17,19H,3-4,9-14,16H2,(H,24,28). The smallest absolute Gasteiger partial charge is 0.298 e. The van der Waals surface area contributed by atoms with Crippen LogP contribution in [0.4, 0.5) is 6.01 Å². The summed E-state index contributed by atoms with van der Waals surface area (Å²) in [6.45, 7) is 4.55. The Morgan fingerprint density at radius 2 is 1.93 bits per heavy atom. The van der Waals surface area contributed by atoms with Gasteiger partial charge in [-0.1, -0.05) is 18.2 Å². The second kappa shape index (κ2) is 8.78. The number of nitrogens with zero attached hydrogens (tertiary/aromatic N) is 3. The average Bonchev–Trinajstić information content (AvgIpc) is 3.55. The van der Waals surface area contributed by atoms with E-state index in [0.29, 0.717) is 18.6 Å². The highest BCUT2D eigenvalue weighted by atomic mass is 32.1. The normalized spacial score (nSPS) is 19.4. The number of oxazole rings is 1. The molecule has 0 saturated carbocycles. The molecule has 3 aromatic rings. The summed E-state index contributed by atoms with van der Waals surface area (Å²) in [5.74, 6) is 0.251. The molecule has 158 valence electrons. The van der Waals surface area contributed by atoms with E-state index in [-0.39, 0.29) is 11.8 Å². The van der Waals surface area contributed by atoms with E-state index < -0.39 is 0 Å². The number of carbonyl (C=O) groups excluding carboxylic acids is 1. The summed E-state index contributed by atoms with van der Waals surface area (Å²) in [5.41, 5.74) is 1.70. The fraction of sp³-hybridized carbons (Fsp3) is 0.478. The Kier molecular flexibility index (Phi) is 5.73. The van der Waals surface area contributed by atoms with Gasteiger partial charge in [-0.2, -0.15) is 4.98 Å². The van der Waals surface area contributed by atoms with E-state index >= 15 is 0 Å². The second-order valence-electron chi connectivity index (χ2n) is 8.24. The number of piperidine rings is 1. The van der Waals surface area contributed by atoms with Crippen LogP contribution in [0.5, 0.6) is 0 Å². The number of likely N-dealkylation sites (tertiary alicyclic amines) is 1. The van der Waals surface area contributed by atoms with Crippen LogP contribution in [0.15, 0.2) is 46.2 Å². The molecule has 30 heavy (non-hydrogen) atoms. The number of thiophene rings is 1. The van der Waals surface area contributed by atoms with Crippen molar-refractivity contribution in [3.8, 4) is 0 Å². The monoisotopic (exact) mass is 424 g/mol. The Morgan fingerprint density at radius 1 is 1.13 bits per heavy atom. The highest BCUT2D eigenvalue weighted by Gasteiger charge is 2.29. The van der Waals surface area contributed by atoms with Crippen molar-refractivity contribution in [2.24, 2.45) is 5.92 Å². The van der Waals surface area contributed by atoms with Crippen LogP contribution in [-0.4, -0.2) is 48.5 Å². The molecule has 2 aliphatic rings. The molecule has 2 fully saturated rings. The Balaban J connectivity index is 1.16. The third-order valence-electron chi connectivity index (χ3n) is 6.34. The highest BCUT2D eigenvalue weighted by Crippen LogP contribution is 2.29. The minimum absolute atomic E-state index is 0.0631. The van der Waals surface area contributed by atoms with Gasteiger partial charge in [-0.15, -0.1) is 11.3 Å². The molecule has 5 rings (SSSR count). The molecule has 2 aliphatic heterocycles. The topological polar surface area (TPSA) is 61.6 Å². The highest BCUT2D eigenvalue weighted by molar-refractivity contribution is 7.10. The number of aromatic nitrogens is 1. The molecule has 1 aromatic carbocycles. The Bertz CT molecular complexity index is 939. The first-order valence-electron chi connectivity index (χ1n) is 10.9. The summed E-state index contributed by atoms with van der Waals surface area (Å²) < 4.78 is 5.89. The maximum atomic E-state index is 12.9. The molecule has 0 aliphatic carbocycles. The van der Waals surface area contributed by atoms with E-state index in [1.165, 1.54) is 17.7 Å². The van der Waals surface area contributed by atoms with Gasteiger partial charge in [0.15, 0.2) is 5.58 Å². The number of benzene rings is 1.